The van der Waals surface area contributed by atoms with Crippen LogP contribution in [0.5, 0.6) is 0 Å². The van der Waals surface area contributed by atoms with E-state index in [2.05, 4.69) is 39.8 Å². The zero-order valence-electron chi connectivity index (χ0n) is 24.6. The number of ether oxygens (including phenoxy) is 1. The summed E-state index contributed by atoms with van der Waals surface area (Å²) in [6.07, 6.45) is 14.9. The van der Waals surface area contributed by atoms with Crippen molar-refractivity contribution in [3.8, 4) is 0 Å². The SMILES string of the molecule is CC(C)C1=CC2=CCC3C(C)(COC(=O)C4CCC(N5C(=O)C(C)C(C)C5=O)CC4)CCCC3(C)C2CC1. The Bertz CT molecular complexity index is 1010. The Labute approximate surface area is 229 Å². The fourth-order valence-electron chi connectivity index (χ4n) is 8.91. The summed E-state index contributed by atoms with van der Waals surface area (Å²) >= 11 is 0. The van der Waals surface area contributed by atoms with Gasteiger partial charge < -0.3 is 4.74 Å². The molecule has 3 fully saturated rings. The minimum atomic E-state index is -0.236. The van der Waals surface area contributed by atoms with E-state index in [0.29, 0.717) is 50.0 Å². The maximum Gasteiger partial charge on any atom is 0.308 e. The molecule has 5 nitrogen and oxygen atoms in total. The van der Waals surface area contributed by atoms with Crippen LogP contribution in [-0.4, -0.2) is 35.3 Å². The number of allylic oxidation sites excluding steroid dienone is 4. The zero-order valence-corrected chi connectivity index (χ0v) is 24.6. The molecule has 2 saturated carbocycles. The van der Waals surface area contributed by atoms with Gasteiger partial charge in [0.05, 0.1) is 12.5 Å². The molecule has 0 bridgehead atoms. The number of fused-ring (bicyclic) bond motifs is 3. The molecular formula is C33H49NO4. The minimum Gasteiger partial charge on any atom is -0.465 e. The fourth-order valence-corrected chi connectivity index (χ4v) is 8.91. The summed E-state index contributed by atoms with van der Waals surface area (Å²) in [4.78, 5) is 40.0. The molecule has 4 aliphatic carbocycles. The summed E-state index contributed by atoms with van der Waals surface area (Å²) < 4.78 is 6.12. The van der Waals surface area contributed by atoms with Gasteiger partial charge in [0.15, 0.2) is 0 Å². The summed E-state index contributed by atoms with van der Waals surface area (Å²) in [5, 5.41) is 0. The molecule has 0 spiro atoms. The first kappa shape index (κ1) is 27.6. The van der Waals surface area contributed by atoms with Gasteiger partial charge in [-0.1, -0.05) is 65.7 Å². The van der Waals surface area contributed by atoms with Gasteiger partial charge in [-0.2, -0.15) is 0 Å². The van der Waals surface area contributed by atoms with Crippen LogP contribution in [0.15, 0.2) is 23.3 Å². The van der Waals surface area contributed by atoms with Crippen LogP contribution in [0, 0.1) is 46.3 Å². The standard InChI is InChI=1S/C33H49NO4/c1-20(2)24-10-14-27-25(18-24)11-15-28-32(5,16-7-17-33(27,28)6)19-38-31(37)23-8-12-26(13-9-23)34-29(35)21(3)22(4)30(34)36/h11,18,20-23,26-28H,7-10,12-17,19H2,1-6H3. The van der Waals surface area contributed by atoms with E-state index in [4.69, 9.17) is 4.74 Å². The van der Waals surface area contributed by atoms with Crippen molar-refractivity contribution in [1.29, 1.82) is 0 Å². The molecule has 5 rings (SSSR count). The molecule has 5 heteroatoms. The molecule has 38 heavy (non-hydrogen) atoms. The van der Waals surface area contributed by atoms with Gasteiger partial charge in [0, 0.05) is 23.3 Å². The Morgan fingerprint density at radius 1 is 1.03 bits per heavy atom. The number of carbonyl (C=O) groups is 3. The number of likely N-dealkylation sites (tertiary alicyclic amines) is 1. The summed E-state index contributed by atoms with van der Waals surface area (Å²) in [5.74, 6) is 1.02. The highest BCUT2D eigenvalue weighted by Crippen LogP contribution is 2.62. The molecule has 6 unspecified atom stereocenters. The quantitative estimate of drug-likeness (QED) is 0.292. The van der Waals surface area contributed by atoms with Crippen molar-refractivity contribution >= 4 is 17.8 Å². The molecular weight excluding hydrogens is 474 g/mol. The molecule has 1 heterocycles. The summed E-state index contributed by atoms with van der Waals surface area (Å²) in [5.41, 5.74) is 3.43. The molecule has 0 aromatic heterocycles. The summed E-state index contributed by atoms with van der Waals surface area (Å²) in [6.45, 7) is 13.7. The van der Waals surface area contributed by atoms with Crippen molar-refractivity contribution in [2.24, 2.45) is 46.3 Å². The normalized spacial score (nSPS) is 41.4. The van der Waals surface area contributed by atoms with Gasteiger partial charge in [-0.25, -0.2) is 0 Å². The molecule has 0 radical (unpaired) electrons. The van der Waals surface area contributed by atoms with Crippen molar-refractivity contribution in [2.75, 3.05) is 6.61 Å². The lowest BCUT2D eigenvalue weighted by atomic mass is 9.47. The fraction of sp³-hybridized carbons (Fsp3) is 0.788. The van der Waals surface area contributed by atoms with Gasteiger partial charge in [-0.3, -0.25) is 19.3 Å². The topological polar surface area (TPSA) is 63.7 Å². The highest BCUT2D eigenvalue weighted by atomic mass is 16.5. The molecule has 2 amide bonds. The molecule has 0 aromatic carbocycles. The maximum absolute atomic E-state index is 13.2. The molecule has 1 aliphatic heterocycles. The number of nitrogens with zero attached hydrogens (tertiary/aromatic N) is 1. The number of amides is 2. The largest absolute Gasteiger partial charge is 0.465 e. The first-order valence-electron chi connectivity index (χ1n) is 15.4. The van der Waals surface area contributed by atoms with Crippen molar-refractivity contribution < 1.29 is 19.1 Å². The van der Waals surface area contributed by atoms with E-state index in [-0.39, 0.29) is 52.4 Å². The number of rotatable bonds is 5. The van der Waals surface area contributed by atoms with Gasteiger partial charge in [0.2, 0.25) is 11.8 Å². The van der Waals surface area contributed by atoms with Crippen molar-refractivity contribution in [2.45, 2.75) is 112 Å². The second-order valence-corrected chi connectivity index (χ2v) is 14.2. The second-order valence-electron chi connectivity index (χ2n) is 14.2. The van der Waals surface area contributed by atoms with E-state index in [1.54, 1.807) is 11.1 Å². The Hall–Kier alpha value is -1.91. The van der Waals surface area contributed by atoms with Gasteiger partial charge in [-0.05, 0) is 86.5 Å². The molecule has 1 saturated heterocycles. The minimum absolute atomic E-state index is 0.00456. The number of esters is 1. The number of hydrogen-bond donors (Lipinski definition) is 0. The van der Waals surface area contributed by atoms with Gasteiger partial charge in [0.25, 0.3) is 0 Å². The highest BCUT2D eigenvalue weighted by Gasteiger charge is 2.55. The predicted molar refractivity (Wildman–Crippen MR) is 149 cm³/mol. The third kappa shape index (κ3) is 4.60. The van der Waals surface area contributed by atoms with E-state index in [9.17, 15) is 14.4 Å². The van der Waals surface area contributed by atoms with Crippen molar-refractivity contribution in [3.63, 3.8) is 0 Å². The first-order valence-corrected chi connectivity index (χ1v) is 15.4. The van der Waals surface area contributed by atoms with Gasteiger partial charge >= 0.3 is 5.97 Å². The third-order valence-corrected chi connectivity index (χ3v) is 11.6. The van der Waals surface area contributed by atoms with Crippen molar-refractivity contribution in [1.82, 2.24) is 4.90 Å². The number of hydrogen-bond acceptors (Lipinski definition) is 4. The van der Waals surface area contributed by atoms with Gasteiger partial charge in [0.1, 0.15) is 0 Å². The monoisotopic (exact) mass is 523 g/mol. The Morgan fingerprint density at radius 2 is 1.68 bits per heavy atom. The number of imide groups is 1. The average molecular weight is 524 g/mol. The molecule has 6 atom stereocenters. The lowest BCUT2D eigenvalue weighted by Crippen LogP contribution is -2.52. The smallest absolute Gasteiger partial charge is 0.308 e. The Kier molecular flexibility index (Phi) is 7.45. The van der Waals surface area contributed by atoms with Gasteiger partial charge in [-0.15, -0.1) is 0 Å². The summed E-state index contributed by atoms with van der Waals surface area (Å²) in [6, 6.07) is -0.0630. The molecule has 0 N–H and O–H groups in total. The average Bonchev–Trinajstić information content (AvgIpc) is 3.09. The predicted octanol–water partition coefficient (Wildman–Crippen LogP) is 6.86. The lowest BCUT2D eigenvalue weighted by Gasteiger charge is -2.58. The Balaban J connectivity index is 1.20. The van der Waals surface area contributed by atoms with E-state index in [0.717, 1.165) is 12.8 Å². The lowest BCUT2D eigenvalue weighted by molar-refractivity contribution is -0.160. The van der Waals surface area contributed by atoms with E-state index in [1.807, 2.05) is 13.8 Å². The van der Waals surface area contributed by atoms with Crippen molar-refractivity contribution in [3.05, 3.63) is 23.3 Å². The first-order chi connectivity index (χ1) is 18.0. The van der Waals surface area contributed by atoms with Crippen LogP contribution in [0.25, 0.3) is 0 Å². The van der Waals surface area contributed by atoms with E-state index >= 15 is 0 Å². The van der Waals surface area contributed by atoms with Crippen LogP contribution < -0.4 is 0 Å². The van der Waals surface area contributed by atoms with Crippen LogP contribution in [-0.2, 0) is 19.1 Å². The highest BCUT2D eigenvalue weighted by molar-refractivity contribution is 6.05. The summed E-state index contributed by atoms with van der Waals surface area (Å²) in [7, 11) is 0. The number of carbonyl (C=O) groups excluding carboxylic acids is 3. The second kappa shape index (κ2) is 10.2. The molecule has 5 aliphatic rings. The van der Waals surface area contributed by atoms with Crippen LogP contribution in [0.4, 0.5) is 0 Å². The Morgan fingerprint density at radius 3 is 2.32 bits per heavy atom. The molecule has 0 aromatic rings. The van der Waals surface area contributed by atoms with Crippen LogP contribution >= 0.6 is 0 Å². The zero-order chi connectivity index (χ0) is 27.4. The third-order valence-electron chi connectivity index (χ3n) is 11.6. The molecule has 210 valence electrons. The van der Waals surface area contributed by atoms with E-state index in [1.165, 1.54) is 30.6 Å². The van der Waals surface area contributed by atoms with E-state index < -0.39 is 0 Å². The van der Waals surface area contributed by atoms with Crippen LogP contribution in [0.2, 0.25) is 0 Å². The van der Waals surface area contributed by atoms with Crippen LogP contribution in [0.3, 0.4) is 0 Å². The maximum atomic E-state index is 13.2. The van der Waals surface area contributed by atoms with Crippen LogP contribution in [0.1, 0.15) is 106 Å².